The zero-order valence-electron chi connectivity index (χ0n) is 10.2. The van der Waals surface area contributed by atoms with Crippen LogP contribution in [0, 0.1) is 5.92 Å². The molecule has 0 atom stereocenters. The Morgan fingerprint density at radius 3 is 2.88 bits per heavy atom. The van der Waals surface area contributed by atoms with E-state index >= 15 is 0 Å². The summed E-state index contributed by atoms with van der Waals surface area (Å²) in [6, 6.07) is 0. The van der Waals surface area contributed by atoms with Crippen LogP contribution in [0.2, 0.25) is 0 Å². The van der Waals surface area contributed by atoms with Gasteiger partial charge in [0.2, 0.25) is 0 Å². The van der Waals surface area contributed by atoms with Crippen LogP contribution < -0.4 is 10.6 Å². The van der Waals surface area contributed by atoms with Crippen LogP contribution in [0.15, 0.2) is 12.7 Å². The quantitative estimate of drug-likeness (QED) is 0.798. The molecule has 0 aliphatic carbocycles. The molecule has 0 saturated carbocycles. The predicted octanol–water partition coefficient (Wildman–Crippen LogP) is 0.774. The van der Waals surface area contributed by atoms with E-state index in [9.17, 15) is 0 Å². The predicted molar refractivity (Wildman–Crippen MR) is 67.8 cm³/mol. The minimum atomic E-state index is 0.550. The second-order valence-corrected chi connectivity index (χ2v) is 4.43. The molecule has 0 spiro atoms. The van der Waals surface area contributed by atoms with Crippen molar-refractivity contribution in [3.8, 4) is 0 Å². The standard InChI is InChI=1S/C11H18N6/c1-8(2)5-17(4-3-12)11-9-10(14-6-13-9)15-7-16-11/h6-8H,3-5,12H2,1-2H3,(H,13,14,15,16). The largest absolute Gasteiger partial charge is 0.353 e. The number of nitrogens with one attached hydrogen (secondary N) is 1. The lowest BCUT2D eigenvalue weighted by atomic mass is 10.2. The minimum Gasteiger partial charge on any atom is -0.353 e. The van der Waals surface area contributed by atoms with E-state index in [0.717, 1.165) is 24.4 Å². The Hall–Kier alpha value is -1.69. The first-order valence-corrected chi connectivity index (χ1v) is 5.81. The van der Waals surface area contributed by atoms with E-state index in [2.05, 4.69) is 38.7 Å². The summed E-state index contributed by atoms with van der Waals surface area (Å²) in [7, 11) is 0. The van der Waals surface area contributed by atoms with Crippen molar-refractivity contribution < 1.29 is 0 Å². The molecule has 2 aromatic heterocycles. The third-order valence-electron chi connectivity index (χ3n) is 2.49. The first-order valence-electron chi connectivity index (χ1n) is 5.81. The number of hydrogen-bond donors (Lipinski definition) is 2. The molecular weight excluding hydrogens is 216 g/mol. The lowest BCUT2D eigenvalue weighted by Crippen LogP contribution is -2.33. The van der Waals surface area contributed by atoms with Gasteiger partial charge in [0.15, 0.2) is 11.5 Å². The van der Waals surface area contributed by atoms with Gasteiger partial charge in [-0.1, -0.05) is 13.8 Å². The molecule has 0 fully saturated rings. The number of anilines is 1. The number of aromatic amines is 1. The summed E-state index contributed by atoms with van der Waals surface area (Å²) >= 11 is 0. The van der Waals surface area contributed by atoms with Gasteiger partial charge in [-0.25, -0.2) is 15.0 Å². The van der Waals surface area contributed by atoms with E-state index in [1.807, 2.05) is 0 Å². The van der Waals surface area contributed by atoms with E-state index in [4.69, 9.17) is 5.73 Å². The Balaban J connectivity index is 2.36. The highest BCUT2D eigenvalue weighted by Crippen LogP contribution is 2.20. The summed E-state index contributed by atoms with van der Waals surface area (Å²) in [6.07, 6.45) is 3.18. The van der Waals surface area contributed by atoms with Crippen molar-refractivity contribution >= 4 is 17.0 Å². The molecule has 2 rings (SSSR count). The van der Waals surface area contributed by atoms with Gasteiger partial charge in [0.05, 0.1) is 6.33 Å². The van der Waals surface area contributed by atoms with Crippen LogP contribution in [-0.4, -0.2) is 39.6 Å². The number of nitrogens with zero attached hydrogens (tertiary/aromatic N) is 4. The molecule has 0 aliphatic heterocycles. The van der Waals surface area contributed by atoms with Crippen LogP contribution in [0.3, 0.4) is 0 Å². The summed E-state index contributed by atoms with van der Waals surface area (Å²) in [5.41, 5.74) is 7.22. The Morgan fingerprint density at radius 2 is 2.18 bits per heavy atom. The average Bonchev–Trinajstić information content (AvgIpc) is 2.75. The van der Waals surface area contributed by atoms with Crippen LogP contribution in [0.5, 0.6) is 0 Å². The van der Waals surface area contributed by atoms with E-state index in [1.54, 1.807) is 12.7 Å². The second kappa shape index (κ2) is 5.09. The van der Waals surface area contributed by atoms with Crippen molar-refractivity contribution in [2.75, 3.05) is 24.5 Å². The molecule has 17 heavy (non-hydrogen) atoms. The smallest absolute Gasteiger partial charge is 0.182 e. The first-order chi connectivity index (χ1) is 8.22. The summed E-state index contributed by atoms with van der Waals surface area (Å²) < 4.78 is 0. The summed E-state index contributed by atoms with van der Waals surface area (Å²) in [5, 5.41) is 0. The van der Waals surface area contributed by atoms with Crippen LogP contribution in [0.1, 0.15) is 13.8 Å². The van der Waals surface area contributed by atoms with Gasteiger partial charge in [0.1, 0.15) is 11.8 Å². The Labute approximate surface area is 100 Å². The molecular formula is C11H18N6. The van der Waals surface area contributed by atoms with E-state index < -0.39 is 0 Å². The van der Waals surface area contributed by atoms with E-state index in [-0.39, 0.29) is 0 Å². The molecule has 3 N–H and O–H groups in total. The molecule has 0 aromatic carbocycles. The normalized spacial score (nSPS) is 11.3. The topological polar surface area (TPSA) is 83.7 Å². The van der Waals surface area contributed by atoms with Crippen molar-refractivity contribution in [2.24, 2.45) is 11.7 Å². The van der Waals surface area contributed by atoms with Crippen molar-refractivity contribution in [2.45, 2.75) is 13.8 Å². The van der Waals surface area contributed by atoms with E-state index in [1.165, 1.54) is 0 Å². The summed E-state index contributed by atoms with van der Waals surface area (Å²) in [5.74, 6) is 1.43. The van der Waals surface area contributed by atoms with Gasteiger partial charge in [0, 0.05) is 19.6 Å². The highest BCUT2D eigenvalue weighted by Gasteiger charge is 2.14. The lowest BCUT2D eigenvalue weighted by molar-refractivity contribution is 0.608. The van der Waals surface area contributed by atoms with Crippen molar-refractivity contribution in [1.82, 2.24) is 19.9 Å². The SMILES string of the molecule is CC(C)CN(CCN)c1ncnc2nc[nH]c12. The molecule has 6 nitrogen and oxygen atoms in total. The molecule has 92 valence electrons. The van der Waals surface area contributed by atoms with Gasteiger partial charge in [-0.3, -0.25) is 0 Å². The van der Waals surface area contributed by atoms with Crippen LogP contribution in [0.4, 0.5) is 5.82 Å². The number of hydrogen-bond acceptors (Lipinski definition) is 5. The summed E-state index contributed by atoms with van der Waals surface area (Å²) in [4.78, 5) is 17.8. The molecule has 0 bridgehead atoms. The third kappa shape index (κ3) is 2.52. The van der Waals surface area contributed by atoms with Crippen molar-refractivity contribution in [1.29, 1.82) is 0 Å². The van der Waals surface area contributed by atoms with Gasteiger partial charge < -0.3 is 15.6 Å². The fourth-order valence-electron chi connectivity index (χ4n) is 1.87. The Morgan fingerprint density at radius 1 is 1.35 bits per heavy atom. The molecule has 0 radical (unpaired) electrons. The number of imidazole rings is 1. The first kappa shape index (κ1) is 11.8. The Kier molecular flexibility index (Phi) is 3.53. The van der Waals surface area contributed by atoms with Gasteiger partial charge >= 0.3 is 0 Å². The van der Waals surface area contributed by atoms with Crippen molar-refractivity contribution in [3.63, 3.8) is 0 Å². The average molecular weight is 234 g/mol. The number of aromatic nitrogens is 4. The van der Waals surface area contributed by atoms with Gasteiger partial charge in [0.25, 0.3) is 0 Å². The number of rotatable bonds is 5. The number of H-pyrrole nitrogens is 1. The van der Waals surface area contributed by atoms with Crippen LogP contribution >= 0.6 is 0 Å². The maximum absolute atomic E-state index is 5.65. The number of fused-ring (bicyclic) bond motifs is 1. The molecule has 0 amide bonds. The lowest BCUT2D eigenvalue weighted by Gasteiger charge is -2.24. The van der Waals surface area contributed by atoms with E-state index in [0.29, 0.717) is 18.1 Å². The van der Waals surface area contributed by atoms with Gasteiger partial charge in [-0.05, 0) is 5.92 Å². The minimum absolute atomic E-state index is 0.550. The molecule has 2 heterocycles. The summed E-state index contributed by atoms with van der Waals surface area (Å²) in [6.45, 7) is 6.65. The van der Waals surface area contributed by atoms with Gasteiger partial charge in [-0.2, -0.15) is 0 Å². The maximum Gasteiger partial charge on any atom is 0.182 e. The van der Waals surface area contributed by atoms with Crippen LogP contribution in [-0.2, 0) is 0 Å². The highest BCUT2D eigenvalue weighted by molar-refractivity contribution is 5.82. The molecule has 6 heteroatoms. The molecule has 2 aromatic rings. The third-order valence-corrected chi connectivity index (χ3v) is 2.49. The van der Waals surface area contributed by atoms with Crippen molar-refractivity contribution in [3.05, 3.63) is 12.7 Å². The molecule has 0 unspecified atom stereocenters. The van der Waals surface area contributed by atoms with Gasteiger partial charge in [-0.15, -0.1) is 0 Å². The Bertz CT molecular complexity index is 478. The highest BCUT2D eigenvalue weighted by atomic mass is 15.2. The maximum atomic E-state index is 5.65. The molecule has 0 aliphatic rings. The number of nitrogens with two attached hydrogens (primary N) is 1. The molecule has 0 saturated heterocycles. The zero-order chi connectivity index (χ0) is 12.3. The van der Waals surface area contributed by atoms with Crippen LogP contribution in [0.25, 0.3) is 11.2 Å². The monoisotopic (exact) mass is 234 g/mol. The fraction of sp³-hybridized carbons (Fsp3) is 0.545. The zero-order valence-corrected chi connectivity index (χ0v) is 10.2. The fourth-order valence-corrected chi connectivity index (χ4v) is 1.87. The second-order valence-electron chi connectivity index (χ2n) is 4.43.